The number of hydrogen-bond acceptors (Lipinski definition) is 3. The van der Waals surface area contributed by atoms with Crippen molar-refractivity contribution in [1.29, 1.82) is 0 Å². The molecule has 33 heavy (non-hydrogen) atoms. The normalized spacial score (nSPS) is 32.1. The number of nitrogens with zero attached hydrogens (tertiary/aromatic N) is 2. The van der Waals surface area contributed by atoms with Gasteiger partial charge >= 0.3 is 0 Å². The van der Waals surface area contributed by atoms with Gasteiger partial charge in [0.25, 0.3) is 5.91 Å². The molecule has 178 valence electrons. The van der Waals surface area contributed by atoms with Crippen molar-refractivity contribution in [2.45, 2.75) is 71.3 Å². The van der Waals surface area contributed by atoms with Crippen LogP contribution in [0.3, 0.4) is 0 Å². The summed E-state index contributed by atoms with van der Waals surface area (Å²) in [6.45, 7) is 5.96. The van der Waals surface area contributed by atoms with E-state index in [-0.39, 0.29) is 29.2 Å². The lowest BCUT2D eigenvalue weighted by Gasteiger charge is -2.56. The highest BCUT2D eigenvalue weighted by molar-refractivity contribution is 5.99. The Bertz CT molecular complexity index is 886. The number of hydrogen-bond donors (Lipinski definition) is 1. The van der Waals surface area contributed by atoms with Crippen LogP contribution in [0.15, 0.2) is 24.3 Å². The quantitative estimate of drug-likeness (QED) is 0.701. The van der Waals surface area contributed by atoms with Gasteiger partial charge in [-0.25, -0.2) is 0 Å². The van der Waals surface area contributed by atoms with Gasteiger partial charge in [0, 0.05) is 30.9 Å². The summed E-state index contributed by atoms with van der Waals surface area (Å²) in [5.74, 6) is 2.29. The van der Waals surface area contributed by atoms with E-state index in [1.807, 2.05) is 18.7 Å². The first-order chi connectivity index (χ1) is 15.9. The van der Waals surface area contributed by atoms with E-state index in [0.29, 0.717) is 48.6 Å². The van der Waals surface area contributed by atoms with Crippen molar-refractivity contribution in [3.8, 4) is 0 Å². The third kappa shape index (κ3) is 4.06. The van der Waals surface area contributed by atoms with Crippen LogP contribution >= 0.6 is 0 Å². The van der Waals surface area contributed by atoms with Crippen molar-refractivity contribution in [3.63, 3.8) is 0 Å². The summed E-state index contributed by atoms with van der Waals surface area (Å²) >= 11 is 0. The Labute approximate surface area is 197 Å². The molecule has 1 aliphatic heterocycles. The molecule has 0 spiro atoms. The summed E-state index contributed by atoms with van der Waals surface area (Å²) in [5, 5.41) is 3.01. The first-order valence-corrected chi connectivity index (χ1v) is 12.9. The predicted octanol–water partition coefficient (Wildman–Crippen LogP) is 4.31. The topological polar surface area (TPSA) is 69.7 Å². The first-order valence-electron chi connectivity index (χ1n) is 12.9. The summed E-state index contributed by atoms with van der Waals surface area (Å²) < 4.78 is 0. The molecule has 0 aromatic heterocycles. The molecular formula is C27H37N3O3. The van der Waals surface area contributed by atoms with Crippen LogP contribution in [0.1, 0.15) is 75.6 Å². The average Bonchev–Trinajstić information content (AvgIpc) is 3.29. The Morgan fingerprint density at radius 3 is 2.09 bits per heavy atom. The molecule has 1 aromatic rings. The number of anilines is 1. The van der Waals surface area contributed by atoms with E-state index in [0.717, 1.165) is 32.1 Å². The molecule has 4 saturated carbocycles. The zero-order chi connectivity index (χ0) is 23.2. The minimum Gasteiger partial charge on any atom is -0.339 e. The number of amides is 3. The fourth-order valence-corrected chi connectivity index (χ4v) is 7.57. The molecule has 1 heterocycles. The molecule has 0 unspecified atom stereocenters. The SMILES string of the molecule is CCN(CC)C(=O)c1ccc(NC(=O)[C@H]2CCCN2C(=O)C23CC4CC(CC(C4)C2)C3)cc1. The van der Waals surface area contributed by atoms with Crippen molar-refractivity contribution < 1.29 is 14.4 Å². The Hall–Kier alpha value is -2.37. The summed E-state index contributed by atoms with van der Waals surface area (Å²) in [7, 11) is 0. The lowest BCUT2D eigenvalue weighted by molar-refractivity contribution is -0.160. The zero-order valence-corrected chi connectivity index (χ0v) is 20.0. The third-order valence-electron chi connectivity index (χ3n) is 8.76. The first kappa shape index (κ1) is 22.4. The molecule has 5 fully saturated rings. The van der Waals surface area contributed by atoms with Gasteiger partial charge < -0.3 is 15.1 Å². The Morgan fingerprint density at radius 1 is 0.970 bits per heavy atom. The summed E-state index contributed by atoms with van der Waals surface area (Å²) in [6.07, 6.45) is 8.63. The van der Waals surface area contributed by atoms with Gasteiger partial charge in [-0.1, -0.05) is 0 Å². The van der Waals surface area contributed by atoms with Gasteiger partial charge in [-0.3, -0.25) is 14.4 Å². The van der Waals surface area contributed by atoms with E-state index in [1.54, 1.807) is 29.2 Å². The molecule has 6 rings (SSSR count). The molecule has 6 heteroatoms. The molecule has 4 bridgehead atoms. The highest BCUT2D eigenvalue weighted by Gasteiger charge is 2.56. The maximum absolute atomic E-state index is 13.8. The molecule has 1 saturated heterocycles. The van der Waals surface area contributed by atoms with Crippen LogP contribution in [0.5, 0.6) is 0 Å². The van der Waals surface area contributed by atoms with Gasteiger partial charge in [-0.05, 0) is 107 Å². The van der Waals surface area contributed by atoms with Crippen LogP contribution in [0.25, 0.3) is 0 Å². The predicted molar refractivity (Wildman–Crippen MR) is 128 cm³/mol. The molecule has 0 radical (unpaired) electrons. The van der Waals surface area contributed by atoms with Gasteiger partial charge in [-0.2, -0.15) is 0 Å². The van der Waals surface area contributed by atoms with Crippen LogP contribution in [-0.4, -0.2) is 53.2 Å². The molecule has 1 aromatic carbocycles. The van der Waals surface area contributed by atoms with E-state index in [1.165, 1.54) is 19.3 Å². The number of benzene rings is 1. The molecule has 5 aliphatic rings. The average molecular weight is 452 g/mol. The number of carbonyl (C=O) groups excluding carboxylic acids is 3. The lowest BCUT2D eigenvalue weighted by atomic mass is 9.49. The van der Waals surface area contributed by atoms with E-state index in [9.17, 15) is 14.4 Å². The molecule has 3 amide bonds. The summed E-state index contributed by atoms with van der Waals surface area (Å²) in [5.41, 5.74) is 1.09. The van der Waals surface area contributed by atoms with Crippen molar-refractivity contribution in [1.82, 2.24) is 9.80 Å². The minimum atomic E-state index is -0.387. The molecule has 1 N–H and O–H groups in total. The van der Waals surface area contributed by atoms with E-state index >= 15 is 0 Å². The maximum Gasteiger partial charge on any atom is 0.253 e. The minimum absolute atomic E-state index is 0.000939. The molecule has 6 nitrogen and oxygen atoms in total. The number of likely N-dealkylation sites (tertiary alicyclic amines) is 1. The standard InChI is InChI=1S/C27H37N3O3/c1-3-29(4-2)25(32)21-7-9-22(10-8-21)28-24(31)23-6-5-11-30(23)26(33)27-15-18-12-19(16-27)14-20(13-18)17-27/h7-10,18-20,23H,3-6,11-17H2,1-2H3,(H,28,31)/t18?,19?,20?,23-,27?/m1/s1. The van der Waals surface area contributed by atoms with Gasteiger partial charge in [0.1, 0.15) is 6.04 Å². The smallest absolute Gasteiger partial charge is 0.253 e. The highest BCUT2D eigenvalue weighted by atomic mass is 16.2. The fourth-order valence-electron chi connectivity index (χ4n) is 7.57. The van der Waals surface area contributed by atoms with Gasteiger partial charge in [0.05, 0.1) is 5.41 Å². The van der Waals surface area contributed by atoms with Gasteiger partial charge in [-0.15, -0.1) is 0 Å². The van der Waals surface area contributed by atoms with Crippen LogP contribution < -0.4 is 5.32 Å². The van der Waals surface area contributed by atoms with E-state index in [4.69, 9.17) is 0 Å². The summed E-state index contributed by atoms with van der Waals surface area (Å²) in [4.78, 5) is 43.2. The van der Waals surface area contributed by atoms with Crippen LogP contribution in [0, 0.1) is 23.2 Å². The monoisotopic (exact) mass is 451 g/mol. The second-order valence-electron chi connectivity index (χ2n) is 10.9. The highest BCUT2D eigenvalue weighted by Crippen LogP contribution is 2.60. The van der Waals surface area contributed by atoms with Gasteiger partial charge in [0.15, 0.2) is 0 Å². The summed E-state index contributed by atoms with van der Waals surface area (Å²) in [6, 6.07) is 6.72. The molecular weight excluding hydrogens is 414 g/mol. The maximum atomic E-state index is 13.8. The van der Waals surface area contributed by atoms with Crippen LogP contribution in [-0.2, 0) is 9.59 Å². The third-order valence-corrected chi connectivity index (χ3v) is 8.76. The molecule has 1 atom stereocenters. The number of rotatable bonds is 6. The van der Waals surface area contributed by atoms with Crippen molar-refractivity contribution in [3.05, 3.63) is 29.8 Å². The largest absolute Gasteiger partial charge is 0.339 e. The second kappa shape index (κ2) is 8.77. The van der Waals surface area contributed by atoms with Gasteiger partial charge in [0.2, 0.25) is 11.8 Å². The van der Waals surface area contributed by atoms with Crippen LogP contribution in [0.4, 0.5) is 5.69 Å². The van der Waals surface area contributed by atoms with E-state index in [2.05, 4.69) is 5.32 Å². The Kier molecular flexibility index (Phi) is 5.96. The Balaban J connectivity index is 1.25. The van der Waals surface area contributed by atoms with Crippen molar-refractivity contribution in [2.75, 3.05) is 25.0 Å². The zero-order valence-electron chi connectivity index (χ0n) is 20.0. The Morgan fingerprint density at radius 2 is 1.55 bits per heavy atom. The fraction of sp³-hybridized carbons (Fsp3) is 0.667. The van der Waals surface area contributed by atoms with Crippen molar-refractivity contribution >= 4 is 23.4 Å². The number of carbonyl (C=O) groups is 3. The number of nitrogens with one attached hydrogen (secondary N) is 1. The van der Waals surface area contributed by atoms with E-state index < -0.39 is 0 Å². The second-order valence-corrected chi connectivity index (χ2v) is 10.9. The molecule has 4 aliphatic carbocycles. The lowest BCUT2D eigenvalue weighted by Crippen LogP contribution is -2.56. The van der Waals surface area contributed by atoms with Crippen molar-refractivity contribution in [2.24, 2.45) is 23.2 Å². The van der Waals surface area contributed by atoms with Crippen LogP contribution in [0.2, 0.25) is 0 Å².